The maximum absolute atomic E-state index is 11.9. The van der Waals surface area contributed by atoms with Crippen molar-refractivity contribution in [2.45, 2.75) is 26.5 Å². The average Bonchev–Trinajstić information content (AvgIpc) is 2.86. The summed E-state index contributed by atoms with van der Waals surface area (Å²) in [5.74, 6) is -0.536. The fraction of sp³-hybridized carbons (Fsp3) is 0.429. The second-order valence-corrected chi connectivity index (χ2v) is 7.18. The third-order valence-electron chi connectivity index (χ3n) is 3.74. The zero-order valence-corrected chi connectivity index (χ0v) is 13.6. The first kappa shape index (κ1) is 17.2. The summed E-state index contributed by atoms with van der Waals surface area (Å²) in [7, 11) is -3.54. The summed E-state index contributed by atoms with van der Waals surface area (Å²) in [6.45, 7) is 3.26. The molecule has 0 unspecified atom stereocenters. The van der Waals surface area contributed by atoms with Crippen molar-refractivity contribution in [3.63, 3.8) is 0 Å². The molecular weight excluding hydrogens is 324 g/mol. The van der Waals surface area contributed by atoms with E-state index in [-0.39, 0.29) is 18.9 Å². The van der Waals surface area contributed by atoms with Gasteiger partial charge in [-0.25, -0.2) is 22.7 Å². The van der Waals surface area contributed by atoms with Crippen molar-refractivity contribution in [1.29, 1.82) is 0 Å². The number of carboxylic acid groups (broad SMARTS) is 1. The van der Waals surface area contributed by atoms with Crippen LogP contribution in [0, 0.1) is 6.92 Å². The van der Waals surface area contributed by atoms with E-state index in [4.69, 9.17) is 9.84 Å². The molecule has 1 aromatic carbocycles. The smallest absolute Gasteiger partial charge is 0.404 e. The standard InChI is InChI=1S/C14H18N2O6S/c1-3-23(20,21)16-12(6-15-14(18)19)9-4-5-10-11(8(9)2)7-22-13(10)17/h4-5,12,15-16H,3,6-7H2,1-2H3,(H,18,19)/t12-/m0/s1. The largest absolute Gasteiger partial charge is 0.465 e. The number of hydrogen-bond donors (Lipinski definition) is 3. The van der Waals surface area contributed by atoms with Crippen molar-refractivity contribution in [2.75, 3.05) is 12.3 Å². The lowest BCUT2D eigenvalue weighted by Crippen LogP contribution is -2.38. The Balaban J connectivity index is 2.39. The van der Waals surface area contributed by atoms with E-state index in [1.54, 1.807) is 19.1 Å². The maximum Gasteiger partial charge on any atom is 0.404 e. The predicted molar refractivity (Wildman–Crippen MR) is 81.7 cm³/mol. The van der Waals surface area contributed by atoms with Crippen LogP contribution in [-0.4, -0.2) is 37.9 Å². The minimum Gasteiger partial charge on any atom is -0.465 e. The molecule has 23 heavy (non-hydrogen) atoms. The lowest BCUT2D eigenvalue weighted by molar-refractivity contribution is 0.0535. The Morgan fingerprint density at radius 2 is 2.13 bits per heavy atom. The quantitative estimate of drug-likeness (QED) is 0.661. The number of rotatable bonds is 6. The van der Waals surface area contributed by atoms with Gasteiger partial charge in [0.1, 0.15) is 6.61 Å². The number of esters is 1. The molecule has 0 saturated heterocycles. The summed E-state index contributed by atoms with van der Waals surface area (Å²) >= 11 is 0. The molecule has 0 fully saturated rings. The lowest BCUT2D eigenvalue weighted by Gasteiger charge is -2.21. The van der Waals surface area contributed by atoms with Gasteiger partial charge >= 0.3 is 12.1 Å². The Morgan fingerprint density at radius 1 is 1.43 bits per heavy atom. The number of amides is 1. The molecule has 0 radical (unpaired) electrons. The van der Waals surface area contributed by atoms with Crippen molar-refractivity contribution < 1.29 is 27.9 Å². The van der Waals surface area contributed by atoms with Crippen molar-refractivity contribution >= 4 is 22.1 Å². The molecule has 1 aliphatic heterocycles. The normalized spacial score (nSPS) is 15.0. The molecule has 126 valence electrons. The Morgan fingerprint density at radius 3 is 2.74 bits per heavy atom. The van der Waals surface area contributed by atoms with Gasteiger partial charge in [0.25, 0.3) is 0 Å². The minimum atomic E-state index is -3.54. The highest BCUT2D eigenvalue weighted by Crippen LogP contribution is 2.29. The summed E-state index contributed by atoms with van der Waals surface area (Å²) < 4.78 is 31.2. The van der Waals surface area contributed by atoms with Gasteiger partial charge in [0.05, 0.1) is 17.4 Å². The second kappa shape index (κ2) is 6.55. The SMILES string of the molecule is CCS(=O)(=O)N[C@@H](CNC(=O)O)c1ccc2c(c1C)COC2=O. The summed E-state index contributed by atoms with van der Waals surface area (Å²) in [6.07, 6.45) is -1.25. The highest BCUT2D eigenvalue weighted by molar-refractivity contribution is 7.89. The number of carbonyl (C=O) groups excluding carboxylic acids is 1. The van der Waals surface area contributed by atoms with E-state index in [0.717, 1.165) is 0 Å². The molecule has 0 spiro atoms. The fourth-order valence-electron chi connectivity index (χ4n) is 2.45. The third-order valence-corrected chi connectivity index (χ3v) is 5.15. The third kappa shape index (κ3) is 3.80. The second-order valence-electron chi connectivity index (χ2n) is 5.14. The molecular formula is C14H18N2O6S. The summed E-state index contributed by atoms with van der Waals surface area (Å²) in [6, 6.07) is 2.42. The molecule has 2 rings (SSSR count). The topological polar surface area (TPSA) is 122 Å². The number of carbonyl (C=O) groups is 2. The van der Waals surface area contributed by atoms with Gasteiger partial charge in [0.2, 0.25) is 10.0 Å². The van der Waals surface area contributed by atoms with E-state index in [2.05, 4.69) is 10.0 Å². The van der Waals surface area contributed by atoms with E-state index < -0.39 is 28.1 Å². The lowest BCUT2D eigenvalue weighted by atomic mass is 9.94. The van der Waals surface area contributed by atoms with Crippen LogP contribution >= 0.6 is 0 Å². The molecule has 1 heterocycles. The Labute approximate surface area is 133 Å². The van der Waals surface area contributed by atoms with E-state index in [1.807, 2.05) is 0 Å². The molecule has 1 amide bonds. The van der Waals surface area contributed by atoms with Crippen LogP contribution in [-0.2, 0) is 21.4 Å². The molecule has 0 aliphatic carbocycles. The van der Waals surface area contributed by atoms with E-state index in [0.29, 0.717) is 22.3 Å². The van der Waals surface area contributed by atoms with Crippen molar-refractivity contribution in [1.82, 2.24) is 10.0 Å². The summed E-state index contributed by atoms with van der Waals surface area (Å²) in [4.78, 5) is 22.3. The van der Waals surface area contributed by atoms with Crippen LogP contribution in [0.3, 0.4) is 0 Å². The van der Waals surface area contributed by atoms with Gasteiger partial charge in [-0.1, -0.05) is 6.07 Å². The van der Waals surface area contributed by atoms with Crippen molar-refractivity contribution in [3.05, 3.63) is 34.4 Å². The van der Waals surface area contributed by atoms with Crippen LogP contribution in [0.1, 0.15) is 40.0 Å². The molecule has 1 aromatic rings. The number of sulfonamides is 1. The van der Waals surface area contributed by atoms with Crippen LogP contribution in [0.2, 0.25) is 0 Å². The molecule has 0 saturated carbocycles. The summed E-state index contributed by atoms with van der Waals surface area (Å²) in [5.41, 5.74) is 2.47. The Kier molecular flexibility index (Phi) is 4.90. The first-order valence-electron chi connectivity index (χ1n) is 7.01. The fourth-order valence-corrected chi connectivity index (χ4v) is 3.26. The number of nitrogens with one attached hydrogen (secondary N) is 2. The molecule has 8 nitrogen and oxygen atoms in total. The number of cyclic esters (lactones) is 1. The van der Waals surface area contributed by atoms with Crippen molar-refractivity contribution in [2.24, 2.45) is 0 Å². The number of fused-ring (bicyclic) bond motifs is 1. The first-order chi connectivity index (χ1) is 10.7. The van der Waals surface area contributed by atoms with Crippen LogP contribution < -0.4 is 10.0 Å². The number of ether oxygens (including phenoxy) is 1. The van der Waals surface area contributed by atoms with Gasteiger partial charge in [-0.2, -0.15) is 0 Å². The molecule has 0 bridgehead atoms. The van der Waals surface area contributed by atoms with Crippen LogP contribution in [0.25, 0.3) is 0 Å². The maximum atomic E-state index is 11.9. The van der Waals surface area contributed by atoms with Gasteiger partial charge < -0.3 is 15.2 Å². The van der Waals surface area contributed by atoms with Gasteiger partial charge in [-0.05, 0) is 31.0 Å². The minimum absolute atomic E-state index is 0.122. The zero-order valence-electron chi connectivity index (χ0n) is 12.8. The van der Waals surface area contributed by atoms with E-state index in [1.165, 1.54) is 6.92 Å². The molecule has 3 N–H and O–H groups in total. The highest BCUT2D eigenvalue weighted by atomic mass is 32.2. The molecule has 1 atom stereocenters. The van der Waals surface area contributed by atoms with Gasteiger partial charge in [-0.3, -0.25) is 0 Å². The van der Waals surface area contributed by atoms with Gasteiger partial charge in [0, 0.05) is 12.1 Å². The first-order valence-corrected chi connectivity index (χ1v) is 8.66. The number of hydrogen-bond acceptors (Lipinski definition) is 5. The van der Waals surface area contributed by atoms with Gasteiger partial charge in [0.15, 0.2) is 0 Å². The van der Waals surface area contributed by atoms with Crippen LogP contribution in [0.4, 0.5) is 4.79 Å². The van der Waals surface area contributed by atoms with E-state index >= 15 is 0 Å². The zero-order chi connectivity index (χ0) is 17.2. The predicted octanol–water partition coefficient (Wildman–Crippen LogP) is 0.913. The van der Waals surface area contributed by atoms with E-state index in [9.17, 15) is 18.0 Å². The summed E-state index contributed by atoms with van der Waals surface area (Å²) in [5, 5.41) is 11.0. The average molecular weight is 342 g/mol. The van der Waals surface area contributed by atoms with Crippen LogP contribution in [0.15, 0.2) is 12.1 Å². The van der Waals surface area contributed by atoms with Crippen molar-refractivity contribution in [3.8, 4) is 0 Å². The van der Waals surface area contributed by atoms with Crippen LogP contribution in [0.5, 0.6) is 0 Å². The van der Waals surface area contributed by atoms with Gasteiger partial charge in [-0.15, -0.1) is 0 Å². The number of benzene rings is 1. The highest BCUT2D eigenvalue weighted by Gasteiger charge is 2.27. The Bertz CT molecular complexity index is 744. The molecule has 0 aromatic heterocycles. The molecule has 9 heteroatoms. The monoisotopic (exact) mass is 342 g/mol. The Hall–Kier alpha value is -2.13. The molecule has 1 aliphatic rings.